The lowest BCUT2D eigenvalue weighted by atomic mass is 9.98. The fourth-order valence-electron chi connectivity index (χ4n) is 4.56. The number of carbonyl (C=O) groups excluding carboxylic acids is 2. The summed E-state index contributed by atoms with van der Waals surface area (Å²) in [5.41, 5.74) is 5.42. The molecule has 12 nitrogen and oxygen atoms in total. The van der Waals surface area contributed by atoms with Crippen molar-refractivity contribution in [3.63, 3.8) is 0 Å². The third-order valence-corrected chi connectivity index (χ3v) is 7.18. The number of halogens is 1. The number of nitrogens with zero attached hydrogens (tertiary/aromatic N) is 6. The molecule has 13 heteroatoms. The average molecular weight is 649 g/mol. The first-order valence-electron chi connectivity index (χ1n) is 14.3. The molecular weight excluding hydrogens is 620 g/mol. The van der Waals surface area contributed by atoms with Gasteiger partial charge >= 0.3 is 0 Å². The topological polar surface area (TPSA) is 182 Å². The van der Waals surface area contributed by atoms with E-state index in [0.717, 1.165) is 5.69 Å². The van der Waals surface area contributed by atoms with Crippen molar-refractivity contribution in [2.75, 3.05) is 18.0 Å². The molecule has 4 rings (SSSR count). The first kappa shape index (κ1) is 34.1. The number of ketones is 1. The Labute approximate surface area is 276 Å². The van der Waals surface area contributed by atoms with Crippen LogP contribution in [0.15, 0.2) is 106 Å². The molecule has 1 atom stereocenters. The lowest BCUT2D eigenvalue weighted by molar-refractivity contribution is -0.991. The Hall–Kier alpha value is -5.76. The molecular formula is C34H29ClN8O4. The number of nitriles is 2. The summed E-state index contributed by atoms with van der Waals surface area (Å²) >= 11 is 6.21. The van der Waals surface area contributed by atoms with E-state index in [1.54, 1.807) is 42.5 Å². The summed E-state index contributed by atoms with van der Waals surface area (Å²) in [6, 6.07) is 28.2. The molecule has 0 spiro atoms. The smallest absolute Gasteiger partial charge is 0.272 e. The van der Waals surface area contributed by atoms with Gasteiger partial charge in [-0.1, -0.05) is 41.9 Å². The second-order valence-corrected chi connectivity index (χ2v) is 10.6. The summed E-state index contributed by atoms with van der Waals surface area (Å²) in [6.45, 7) is 2.68. The molecule has 0 saturated heterocycles. The fraction of sp³-hybridized carbons (Fsp3) is 0.147. The Kier molecular flexibility index (Phi) is 12.0. The van der Waals surface area contributed by atoms with Crippen LogP contribution in [0.2, 0.25) is 5.02 Å². The minimum atomic E-state index is -1.08. The second kappa shape index (κ2) is 16.5. The number of nitrogens with one attached hydrogen (secondary N) is 2. The van der Waals surface area contributed by atoms with Gasteiger partial charge in [-0.25, -0.2) is 10.6 Å². The summed E-state index contributed by atoms with van der Waals surface area (Å²) in [6.07, 6.45) is 0.552. The van der Waals surface area contributed by atoms with Crippen LogP contribution in [0, 0.1) is 34.8 Å². The summed E-state index contributed by atoms with van der Waals surface area (Å²) in [7, 11) is 0. The van der Waals surface area contributed by atoms with Crippen LogP contribution in [0.3, 0.4) is 0 Å². The molecule has 0 aliphatic carbocycles. The summed E-state index contributed by atoms with van der Waals surface area (Å²) in [4.78, 5) is 28.7. The van der Waals surface area contributed by atoms with Gasteiger partial charge in [-0.3, -0.25) is 9.59 Å². The van der Waals surface area contributed by atoms with Crippen molar-refractivity contribution in [2.45, 2.75) is 19.8 Å². The summed E-state index contributed by atoms with van der Waals surface area (Å²) in [5.74, 6) is -1.06. The molecule has 4 aromatic carbocycles. The number of hydrazone groups is 1. The zero-order valence-corrected chi connectivity index (χ0v) is 26.0. The van der Waals surface area contributed by atoms with E-state index in [0.29, 0.717) is 35.5 Å². The Balaban J connectivity index is 1.71. The predicted octanol–water partition coefficient (Wildman–Crippen LogP) is 5.79. The second-order valence-electron chi connectivity index (χ2n) is 10.1. The lowest BCUT2D eigenvalue weighted by Crippen LogP contribution is -2.99. The largest absolute Gasteiger partial charge is 0.595 e. The fourth-order valence-corrected chi connectivity index (χ4v) is 4.73. The Bertz CT molecular complexity index is 1860. The molecule has 0 heterocycles. The van der Waals surface area contributed by atoms with Crippen LogP contribution in [0.4, 0.5) is 17.1 Å². The van der Waals surface area contributed by atoms with Crippen LogP contribution in [-0.2, 0) is 0 Å². The molecule has 0 radical (unpaired) electrons. The zero-order valence-electron chi connectivity index (χ0n) is 25.2. The Morgan fingerprint density at radius 1 is 0.915 bits per heavy atom. The molecule has 0 aromatic heterocycles. The number of azo groups is 1. The maximum atomic E-state index is 13.5. The van der Waals surface area contributed by atoms with E-state index in [1.165, 1.54) is 42.5 Å². The zero-order chi connectivity index (χ0) is 33.8. The molecule has 4 aromatic rings. The molecule has 0 aliphatic heterocycles. The third-order valence-electron chi connectivity index (χ3n) is 6.95. The Morgan fingerprint density at radius 3 is 2.19 bits per heavy atom. The molecule has 0 aliphatic rings. The average Bonchev–Trinajstić information content (AvgIpc) is 3.08. The molecule has 1 amide bonds. The minimum Gasteiger partial charge on any atom is -0.595 e. The van der Waals surface area contributed by atoms with Crippen LogP contribution in [-0.4, -0.2) is 35.8 Å². The van der Waals surface area contributed by atoms with Gasteiger partial charge in [-0.15, -0.1) is 15.3 Å². The van der Waals surface area contributed by atoms with Crippen molar-refractivity contribution in [2.24, 2.45) is 15.3 Å². The number of anilines is 1. The van der Waals surface area contributed by atoms with E-state index in [9.17, 15) is 20.0 Å². The number of hydrogen-bond donors (Lipinski definition) is 3. The number of hydrogen-bond acceptors (Lipinski definition) is 9. The van der Waals surface area contributed by atoms with E-state index >= 15 is 0 Å². The minimum absolute atomic E-state index is 0.00773. The van der Waals surface area contributed by atoms with Crippen molar-refractivity contribution in [1.82, 2.24) is 5.43 Å². The number of quaternary nitrogens is 1. The number of rotatable bonds is 12. The van der Waals surface area contributed by atoms with Crippen LogP contribution in [0.5, 0.6) is 0 Å². The number of benzene rings is 4. The van der Waals surface area contributed by atoms with Gasteiger partial charge in [0.1, 0.15) is 0 Å². The van der Waals surface area contributed by atoms with E-state index in [-0.39, 0.29) is 46.3 Å². The summed E-state index contributed by atoms with van der Waals surface area (Å²) < 4.78 is 0. The van der Waals surface area contributed by atoms with Crippen LogP contribution in [0.1, 0.15) is 50.2 Å². The van der Waals surface area contributed by atoms with Gasteiger partial charge in [-0.2, -0.15) is 15.8 Å². The quantitative estimate of drug-likeness (QED) is 0.0571. The number of aryl methyl sites for hydroxylation is 1. The first-order valence-corrected chi connectivity index (χ1v) is 14.7. The highest BCUT2D eigenvalue weighted by Gasteiger charge is 2.20. The van der Waals surface area contributed by atoms with Gasteiger partial charge in [0.2, 0.25) is 5.84 Å². The first-order chi connectivity index (χ1) is 22.7. The van der Waals surface area contributed by atoms with E-state index in [1.807, 2.05) is 17.9 Å². The van der Waals surface area contributed by atoms with Crippen LogP contribution < -0.4 is 15.6 Å². The van der Waals surface area contributed by atoms with Gasteiger partial charge in [0, 0.05) is 52.6 Å². The van der Waals surface area contributed by atoms with Crippen LogP contribution >= 0.6 is 11.6 Å². The Morgan fingerprint density at radius 2 is 1.57 bits per heavy atom. The molecule has 1 unspecified atom stereocenters. The van der Waals surface area contributed by atoms with Gasteiger partial charge in [-0.05, 0) is 61.0 Å². The SMILES string of the molecule is Cc1cc(N(CCC#N)CCC#N)ccc1/C(N=Nc1ccc([NH+]([O-])O)cc1)=N/NC(=O)c1cc(Cl)ccc1C(=O)c1ccccc1. The molecule has 0 fully saturated rings. The molecule has 0 saturated carbocycles. The summed E-state index contributed by atoms with van der Waals surface area (Å²) in [5, 5.41) is 50.6. The highest BCUT2D eigenvalue weighted by molar-refractivity contribution is 6.31. The monoisotopic (exact) mass is 648 g/mol. The lowest BCUT2D eigenvalue weighted by Gasteiger charge is -2.23. The van der Waals surface area contributed by atoms with Crippen LogP contribution in [0.25, 0.3) is 0 Å². The van der Waals surface area contributed by atoms with Crippen molar-refractivity contribution < 1.29 is 20.0 Å². The maximum absolute atomic E-state index is 13.5. The van der Waals surface area contributed by atoms with Crippen molar-refractivity contribution in [3.05, 3.63) is 129 Å². The van der Waals surface area contributed by atoms with Gasteiger partial charge in [0.05, 0.1) is 36.2 Å². The maximum Gasteiger partial charge on any atom is 0.272 e. The van der Waals surface area contributed by atoms with Gasteiger partial charge in [0.25, 0.3) is 5.91 Å². The molecule has 3 N–H and O–H groups in total. The van der Waals surface area contributed by atoms with E-state index < -0.39 is 11.1 Å². The highest BCUT2D eigenvalue weighted by Crippen LogP contribution is 2.23. The van der Waals surface area contributed by atoms with Crippen molar-refractivity contribution in [1.29, 1.82) is 10.5 Å². The normalized spacial score (nSPS) is 11.8. The third kappa shape index (κ3) is 9.14. The van der Waals surface area contributed by atoms with E-state index in [4.69, 9.17) is 22.1 Å². The number of carbonyl (C=O) groups is 2. The standard InChI is InChI=1S/C34H29ClN8O4/c1-23-21-28(42(19-5-17-36)20-6-18-37)14-16-29(23)33(39-38-26-10-12-27(13-11-26)43(46)47)40-41-34(45)31-22-25(35)9-15-30(31)32(44)24-7-3-2-4-8-24/h2-4,7-16,21-22,43,46H,5-6,19-20H2,1H3,(H,41,45)/b39-38?,40-33-. The predicted molar refractivity (Wildman–Crippen MR) is 176 cm³/mol. The van der Waals surface area contributed by atoms with Crippen molar-refractivity contribution in [3.8, 4) is 12.1 Å². The molecule has 47 heavy (non-hydrogen) atoms. The van der Waals surface area contributed by atoms with Crippen molar-refractivity contribution >= 4 is 46.2 Å². The molecule has 0 bridgehead atoms. The van der Waals surface area contributed by atoms with Gasteiger partial charge < -0.3 is 10.1 Å². The van der Waals surface area contributed by atoms with Gasteiger partial charge in [0.15, 0.2) is 11.5 Å². The molecule has 236 valence electrons. The number of amidine groups is 1. The van der Waals surface area contributed by atoms with E-state index in [2.05, 4.69) is 32.9 Å². The highest BCUT2D eigenvalue weighted by atomic mass is 35.5. The number of amides is 1.